The summed E-state index contributed by atoms with van der Waals surface area (Å²) in [6, 6.07) is 6.17. The van der Waals surface area contributed by atoms with E-state index in [1.807, 2.05) is 13.8 Å². The van der Waals surface area contributed by atoms with Crippen LogP contribution in [0.4, 0.5) is 5.69 Å². The van der Waals surface area contributed by atoms with E-state index in [2.05, 4.69) is 10.6 Å². The van der Waals surface area contributed by atoms with Crippen molar-refractivity contribution in [2.24, 2.45) is 0 Å². The SMILES string of the molecule is CC(C)NC(=O)CCNC(=O)c1cc2cc([N+](=O)[O-])ccc2s1. The van der Waals surface area contributed by atoms with Crippen LogP contribution in [0.5, 0.6) is 0 Å². The molecular formula is C15H17N3O4S. The zero-order valence-electron chi connectivity index (χ0n) is 12.8. The number of hydrogen-bond acceptors (Lipinski definition) is 5. The standard InChI is InChI=1S/C15H17N3O4S/c1-9(2)17-14(19)5-6-16-15(20)13-8-10-7-11(18(21)22)3-4-12(10)23-13/h3-4,7-9H,5-6H2,1-2H3,(H,16,20)(H,17,19). The van der Waals surface area contributed by atoms with E-state index < -0.39 is 4.92 Å². The maximum absolute atomic E-state index is 12.1. The number of nitro groups is 1. The quantitative estimate of drug-likeness (QED) is 0.625. The zero-order chi connectivity index (χ0) is 17.0. The number of nitrogens with zero attached hydrogens (tertiary/aromatic N) is 1. The number of non-ortho nitro benzene ring substituents is 1. The fourth-order valence-corrected chi connectivity index (χ4v) is 2.99. The number of amides is 2. The smallest absolute Gasteiger partial charge is 0.270 e. The number of nitro benzene ring substituents is 1. The number of hydrogen-bond donors (Lipinski definition) is 2. The first-order valence-electron chi connectivity index (χ1n) is 7.12. The van der Waals surface area contributed by atoms with Crippen LogP contribution in [0.15, 0.2) is 24.3 Å². The van der Waals surface area contributed by atoms with E-state index in [9.17, 15) is 19.7 Å². The number of rotatable bonds is 6. The average Bonchev–Trinajstić information content (AvgIpc) is 2.89. The first kappa shape index (κ1) is 16.9. The number of fused-ring (bicyclic) bond motifs is 1. The Bertz CT molecular complexity index is 754. The van der Waals surface area contributed by atoms with Crippen LogP contribution in [0.25, 0.3) is 10.1 Å². The van der Waals surface area contributed by atoms with Gasteiger partial charge < -0.3 is 10.6 Å². The molecule has 0 bridgehead atoms. The number of nitrogens with one attached hydrogen (secondary N) is 2. The topological polar surface area (TPSA) is 101 Å². The average molecular weight is 335 g/mol. The summed E-state index contributed by atoms with van der Waals surface area (Å²) in [4.78, 5) is 34.3. The number of carbonyl (C=O) groups is 2. The van der Waals surface area contributed by atoms with E-state index in [1.165, 1.54) is 23.5 Å². The maximum Gasteiger partial charge on any atom is 0.270 e. The van der Waals surface area contributed by atoms with Crippen LogP contribution >= 0.6 is 11.3 Å². The lowest BCUT2D eigenvalue weighted by Gasteiger charge is -2.08. The molecule has 122 valence electrons. The van der Waals surface area contributed by atoms with E-state index in [1.54, 1.807) is 12.1 Å². The van der Waals surface area contributed by atoms with Gasteiger partial charge in [-0.2, -0.15) is 0 Å². The molecule has 0 saturated heterocycles. The Balaban J connectivity index is 1.98. The van der Waals surface area contributed by atoms with Gasteiger partial charge in [0.15, 0.2) is 0 Å². The Morgan fingerprint density at radius 2 is 2.04 bits per heavy atom. The molecule has 0 unspecified atom stereocenters. The van der Waals surface area contributed by atoms with Crippen molar-refractivity contribution >= 4 is 38.9 Å². The highest BCUT2D eigenvalue weighted by Gasteiger charge is 2.13. The van der Waals surface area contributed by atoms with Gasteiger partial charge in [0.05, 0.1) is 9.80 Å². The minimum atomic E-state index is -0.468. The molecule has 0 aliphatic heterocycles. The first-order chi connectivity index (χ1) is 10.9. The molecule has 8 heteroatoms. The summed E-state index contributed by atoms with van der Waals surface area (Å²) in [5.74, 6) is -0.404. The van der Waals surface area contributed by atoms with Gasteiger partial charge in [-0.1, -0.05) is 0 Å². The predicted octanol–water partition coefficient (Wildman–Crippen LogP) is 2.45. The molecule has 0 aliphatic rings. The Hall–Kier alpha value is -2.48. The summed E-state index contributed by atoms with van der Waals surface area (Å²) in [6.45, 7) is 3.98. The molecule has 0 atom stereocenters. The van der Waals surface area contributed by atoms with Crippen LogP contribution in [-0.4, -0.2) is 29.3 Å². The third-order valence-electron chi connectivity index (χ3n) is 3.02. The largest absolute Gasteiger partial charge is 0.354 e. The third-order valence-corrected chi connectivity index (χ3v) is 4.14. The van der Waals surface area contributed by atoms with Crippen LogP contribution in [0, 0.1) is 10.1 Å². The van der Waals surface area contributed by atoms with Gasteiger partial charge in [0.25, 0.3) is 11.6 Å². The number of carbonyl (C=O) groups excluding carboxylic acids is 2. The van der Waals surface area contributed by atoms with Crippen molar-refractivity contribution in [2.45, 2.75) is 26.3 Å². The Morgan fingerprint density at radius 1 is 1.30 bits per heavy atom. The second-order valence-electron chi connectivity index (χ2n) is 5.32. The highest BCUT2D eigenvalue weighted by Crippen LogP contribution is 2.28. The van der Waals surface area contributed by atoms with Gasteiger partial charge in [0.1, 0.15) is 0 Å². The van der Waals surface area contributed by atoms with Crippen molar-refractivity contribution in [3.63, 3.8) is 0 Å². The second kappa shape index (κ2) is 7.19. The summed E-state index contributed by atoms with van der Waals surface area (Å²) in [7, 11) is 0. The Kier molecular flexibility index (Phi) is 5.28. The summed E-state index contributed by atoms with van der Waals surface area (Å²) in [6.07, 6.45) is 0.209. The third kappa shape index (κ3) is 4.49. The molecule has 2 aromatic rings. The molecule has 2 amide bonds. The molecule has 2 N–H and O–H groups in total. The lowest BCUT2D eigenvalue weighted by Crippen LogP contribution is -2.33. The molecule has 7 nitrogen and oxygen atoms in total. The molecule has 0 spiro atoms. The minimum absolute atomic E-state index is 0.00684. The summed E-state index contributed by atoms with van der Waals surface area (Å²) < 4.78 is 0.804. The van der Waals surface area contributed by atoms with Crippen molar-refractivity contribution in [2.75, 3.05) is 6.54 Å². The molecule has 0 radical (unpaired) electrons. The van der Waals surface area contributed by atoms with Crippen molar-refractivity contribution in [3.8, 4) is 0 Å². The van der Waals surface area contributed by atoms with E-state index in [0.717, 1.165) is 4.70 Å². The predicted molar refractivity (Wildman–Crippen MR) is 88.7 cm³/mol. The van der Waals surface area contributed by atoms with Crippen LogP contribution in [-0.2, 0) is 4.79 Å². The molecule has 1 aromatic heterocycles. The normalized spacial score (nSPS) is 10.7. The van der Waals surface area contributed by atoms with Crippen LogP contribution in [0.2, 0.25) is 0 Å². The summed E-state index contributed by atoms with van der Waals surface area (Å²) >= 11 is 1.26. The monoisotopic (exact) mass is 335 g/mol. The van der Waals surface area contributed by atoms with Gasteiger partial charge in [-0.05, 0) is 26.0 Å². The van der Waals surface area contributed by atoms with Gasteiger partial charge in [0, 0.05) is 41.2 Å². The van der Waals surface area contributed by atoms with Gasteiger partial charge in [-0.25, -0.2) is 0 Å². The van der Waals surface area contributed by atoms with Crippen molar-refractivity contribution in [3.05, 3.63) is 39.3 Å². The lowest BCUT2D eigenvalue weighted by atomic mass is 10.2. The van der Waals surface area contributed by atoms with Gasteiger partial charge in [0.2, 0.25) is 5.91 Å². The Morgan fingerprint density at radius 3 is 2.70 bits per heavy atom. The van der Waals surface area contributed by atoms with Gasteiger partial charge in [-0.15, -0.1) is 11.3 Å². The molecular weight excluding hydrogens is 318 g/mol. The number of benzene rings is 1. The van der Waals surface area contributed by atoms with E-state index in [0.29, 0.717) is 10.3 Å². The molecule has 0 saturated carbocycles. The van der Waals surface area contributed by atoms with Gasteiger partial charge >= 0.3 is 0 Å². The van der Waals surface area contributed by atoms with Crippen LogP contribution in [0.1, 0.15) is 29.9 Å². The van der Waals surface area contributed by atoms with Crippen molar-refractivity contribution in [1.29, 1.82) is 0 Å². The summed E-state index contributed by atoms with van der Waals surface area (Å²) in [5, 5.41) is 16.8. The van der Waals surface area contributed by atoms with Crippen LogP contribution < -0.4 is 10.6 Å². The van der Waals surface area contributed by atoms with E-state index in [-0.39, 0.29) is 36.5 Å². The minimum Gasteiger partial charge on any atom is -0.354 e. The molecule has 2 rings (SSSR count). The molecule has 23 heavy (non-hydrogen) atoms. The summed E-state index contributed by atoms with van der Waals surface area (Å²) in [5.41, 5.74) is -0.00684. The fraction of sp³-hybridized carbons (Fsp3) is 0.333. The van der Waals surface area contributed by atoms with Crippen molar-refractivity contribution < 1.29 is 14.5 Å². The molecule has 1 heterocycles. The highest BCUT2D eigenvalue weighted by molar-refractivity contribution is 7.20. The van der Waals surface area contributed by atoms with Crippen molar-refractivity contribution in [1.82, 2.24) is 10.6 Å². The van der Waals surface area contributed by atoms with Crippen LogP contribution in [0.3, 0.4) is 0 Å². The molecule has 0 fully saturated rings. The van der Waals surface area contributed by atoms with Gasteiger partial charge in [-0.3, -0.25) is 19.7 Å². The molecule has 1 aromatic carbocycles. The maximum atomic E-state index is 12.1. The second-order valence-corrected chi connectivity index (χ2v) is 6.40. The first-order valence-corrected chi connectivity index (χ1v) is 7.94. The lowest BCUT2D eigenvalue weighted by molar-refractivity contribution is -0.384. The fourth-order valence-electron chi connectivity index (χ4n) is 2.03. The molecule has 0 aliphatic carbocycles. The highest BCUT2D eigenvalue weighted by atomic mass is 32.1. The zero-order valence-corrected chi connectivity index (χ0v) is 13.6. The van der Waals surface area contributed by atoms with E-state index >= 15 is 0 Å². The number of thiophene rings is 1. The Labute approximate surface area is 136 Å². The van der Waals surface area contributed by atoms with E-state index in [4.69, 9.17) is 0 Å².